The molecule has 3 aromatic rings. The number of carbonyl (C=O) groups excluding carboxylic acids is 1. The number of nitrogens with one attached hydrogen (secondary N) is 1. The second kappa shape index (κ2) is 7.92. The Morgan fingerprint density at radius 1 is 1.14 bits per heavy atom. The van der Waals surface area contributed by atoms with Crippen molar-refractivity contribution < 1.29 is 9.18 Å². The van der Waals surface area contributed by atoms with Gasteiger partial charge in [0, 0.05) is 0 Å². The standard InChI is InChI=1S/C22H22FN3O2/c23-17-11-9-16(10-12-17)22(15-5-1-2-6-15)25-20(27)14-26-19-8-4-3-7-18(19)24-13-21(26)28/h3-4,7-13,15,22H,1-2,5-6,14H2,(H,25,27)/t22-/m0/s1. The molecule has 4 rings (SSSR count). The van der Waals surface area contributed by atoms with Crippen LogP contribution in [0.3, 0.4) is 0 Å². The lowest BCUT2D eigenvalue weighted by Gasteiger charge is -2.25. The van der Waals surface area contributed by atoms with Crippen molar-refractivity contribution in [3.8, 4) is 0 Å². The zero-order valence-corrected chi connectivity index (χ0v) is 15.5. The summed E-state index contributed by atoms with van der Waals surface area (Å²) in [6.45, 7) is -0.0771. The minimum atomic E-state index is -0.312. The Morgan fingerprint density at radius 2 is 1.86 bits per heavy atom. The van der Waals surface area contributed by atoms with Crippen LogP contribution in [0.5, 0.6) is 0 Å². The molecule has 1 aliphatic rings. The minimum absolute atomic E-state index is 0.0771. The molecular formula is C22H22FN3O2. The van der Waals surface area contributed by atoms with Crippen molar-refractivity contribution in [2.75, 3.05) is 0 Å². The number of hydrogen-bond donors (Lipinski definition) is 1. The number of carbonyl (C=O) groups is 1. The fourth-order valence-corrected chi connectivity index (χ4v) is 4.07. The van der Waals surface area contributed by atoms with E-state index in [2.05, 4.69) is 10.3 Å². The lowest BCUT2D eigenvalue weighted by molar-refractivity contribution is -0.122. The monoisotopic (exact) mass is 379 g/mol. The number of amides is 1. The van der Waals surface area contributed by atoms with Crippen LogP contribution < -0.4 is 10.9 Å². The van der Waals surface area contributed by atoms with Crippen molar-refractivity contribution in [3.63, 3.8) is 0 Å². The second-order valence-corrected chi connectivity index (χ2v) is 7.31. The minimum Gasteiger partial charge on any atom is -0.347 e. The van der Waals surface area contributed by atoms with E-state index >= 15 is 0 Å². The Bertz CT molecular complexity index is 1040. The summed E-state index contributed by atoms with van der Waals surface area (Å²) in [4.78, 5) is 29.3. The van der Waals surface area contributed by atoms with Crippen LogP contribution in [-0.4, -0.2) is 15.5 Å². The number of nitrogens with zero attached hydrogens (tertiary/aromatic N) is 2. The maximum Gasteiger partial charge on any atom is 0.269 e. The van der Waals surface area contributed by atoms with Crippen LogP contribution >= 0.6 is 0 Å². The molecule has 1 heterocycles. The van der Waals surface area contributed by atoms with Gasteiger partial charge in [-0.05, 0) is 48.6 Å². The van der Waals surface area contributed by atoms with Gasteiger partial charge in [-0.25, -0.2) is 9.37 Å². The summed E-state index contributed by atoms with van der Waals surface area (Å²) < 4.78 is 14.8. The number of rotatable bonds is 5. The van der Waals surface area contributed by atoms with Crippen LogP contribution in [0.25, 0.3) is 11.0 Å². The molecule has 5 nitrogen and oxygen atoms in total. The highest BCUT2D eigenvalue weighted by Gasteiger charge is 2.28. The van der Waals surface area contributed by atoms with E-state index in [1.54, 1.807) is 18.2 Å². The molecule has 1 aliphatic carbocycles. The maximum absolute atomic E-state index is 13.3. The first-order valence-electron chi connectivity index (χ1n) is 9.61. The van der Waals surface area contributed by atoms with E-state index in [-0.39, 0.29) is 29.9 Å². The van der Waals surface area contributed by atoms with Crippen LogP contribution in [0.4, 0.5) is 4.39 Å². The van der Waals surface area contributed by atoms with Crippen LogP contribution in [0.2, 0.25) is 0 Å². The molecule has 1 saturated carbocycles. The predicted octanol–water partition coefficient (Wildman–Crippen LogP) is 3.58. The summed E-state index contributed by atoms with van der Waals surface area (Å²) >= 11 is 0. The number of benzene rings is 2. The molecule has 0 radical (unpaired) electrons. The Balaban J connectivity index is 1.59. The van der Waals surface area contributed by atoms with Gasteiger partial charge < -0.3 is 5.32 Å². The first-order valence-corrected chi connectivity index (χ1v) is 9.61. The van der Waals surface area contributed by atoms with E-state index in [1.807, 2.05) is 18.2 Å². The van der Waals surface area contributed by atoms with Gasteiger partial charge in [0.25, 0.3) is 5.56 Å². The van der Waals surface area contributed by atoms with Crippen molar-refractivity contribution in [2.45, 2.75) is 38.3 Å². The van der Waals surface area contributed by atoms with Crippen molar-refractivity contribution in [3.05, 3.63) is 76.5 Å². The third kappa shape index (κ3) is 3.81. The molecule has 2 aromatic carbocycles. The zero-order valence-electron chi connectivity index (χ0n) is 15.5. The first-order chi connectivity index (χ1) is 13.6. The average Bonchev–Trinajstić information content (AvgIpc) is 3.24. The zero-order chi connectivity index (χ0) is 19.5. The van der Waals surface area contributed by atoms with Gasteiger partial charge in [0.2, 0.25) is 5.91 Å². The second-order valence-electron chi connectivity index (χ2n) is 7.31. The smallest absolute Gasteiger partial charge is 0.269 e. The first kappa shape index (κ1) is 18.3. The Morgan fingerprint density at radius 3 is 2.61 bits per heavy atom. The number of aromatic nitrogens is 2. The summed E-state index contributed by atoms with van der Waals surface area (Å²) in [7, 11) is 0. The molecule has 6 heteroatoms. The summed E-state index contributed by atoms with van der Waals surface area (Å²) in [5.41, 5.74) is 1.88. The van der Waals surface area contributed by atoms with Crippen molar-refractivity contribution in [1.82, 2.24) is 14.9 Å². The Kier molecular flexibility index (Phi) is 5.19. The lowest BCUT2D eigenvalue weighted by Crippen LogP contribution is -2.37. The quantitative estimate of drug-likeness (QED) is 0.737. The van der Waals surface area contributed by atoms with Gasteiger partial charge in [0.1, 0.15) is 12.4 Å². The van der Waals surface area contributed by atoms with E-state index in [1.165, 1.54) is 22.9 Å². The number of fused-ring (bicyclic) bond motifs is 1. The van der Waals surface area contributed by atoms with Crippen molar-refractivity contribution >= 4 is 16.9 Å². The molecule has 0 unspecified atom stereocenters. The van der Waals surface area contributed by atoms with E-state index < -0.39 is 0 Å². The molecule has 1 aromatic heterocycles. The van der Waals surface area contributed by atoms with Crippen LogP contribution in [0, 0.1) is 11.7 Å². The van der Waals surface area contributed by atoms with Crippen LogP contribution in [0.15, 0.2) is 59.5 Å². The van der Waals surface area contributed by atoms with Gasteiger partial charge in [0.05, 0.1) is 23.3 Å². The van der Waals surface area contributed by atoms with Gasteiger partial charge in [-0.1, -0.05) is 37.1 Å². The van der Waals surface area contributed by atoms with Gasteiger partial charge in [-0.2, -0.15) is 0 Å². The third-order valence-corrected chi connectivity index (χ3v) is 5.47. The molecule has 1 amide bonds. The molecule has 0 aliphatic heterocycles. The number of hydrogen-bond acceptors (Lipinski definition) is 3. The summed E-state index contributed by atoms with van der Waals surface area (Å²) in [6.07, 6.45) is 5.56. The molecule has 1 N–H and O–H groups in total. The Labute approximate surface area is 162 Å². The van der Waals surface area contributed by atoms with E-state index in [9.17, 15) is 14.0 Å². The third-order valence-electron chi connectivity index (χ3n) is 5.47. The molecule has 0 saturated heterocycles. The molecule has 1 atom stereocenters. The van der Waals surface area contributed by atoms with E-state index in [0.717, 1.165) is 31.2 Å². The van der Waals surface area contributed by atoms with Crippen molar-refractivity contribution in [2.24, 2.45) is 5.92 Å². The predicted molar refractivity (Wildman–Crippen MR) is 105 cm³/mol. The fraction of sp³-hybridized carbons (Fsp3) is 0.318. The number of halogens is 1. The molecule has 0 spiro atoms. The molecule has 1 fully saturated rings. The fourth-order valence-electron chi connectivity index (χ4n) is 4.07. The normalized spacial score (nSPS) is 15.6. The van der Waals surface area contributed by atoms with E-state index in [0.29, 0.717) is 17.0 Å². The van der Waals surface area contributed by atoms with Gasteiger partial charge in [0.15, 0.2) is 0 Å². The summed E-state index contributed by atoms with van der Waals surface area (Å²) in [6, 6.07) is 13.4. The summed E-state index contributed by atoms with van der Waals surface area (Å²) in [5, 5.41) is 3.09. The topological polar surface area (TPSA) is 64.0 Å². The molecular weight excluding hydrogens is 357 g/mol. The molecule has 28 heavy (non-hydrogen) atoms. The lowest BCUT2D eigenvalue weighted by atomic mass is 9.91. The van der Waals surface area contributed by atoms with Gasteiger partial charge in [-0.15, -0.1) is 0 Å². The van der Waals surface area contributed by atoms with Crippen LogP contribution in [-0.2, 0) is 11.3 Å². The highest BCUT2D eigenvalue weighted by Crippen LogP contribution is 2.35. The van der Waals surface area contributed by atoms with Crippen LogP contribution in [0.1, 0.15) is 37.3 Å². The molecule has 0 bridgehead atoms. The number of para-hydroxylation sites is 2. The Hall–Kier alpha value is -3.02. The van der Waals surface area contributed by atoms with Crippen molar-refractivity contribution in [1.29, 1.82) is 0 Å². The van der Waals surface area contributed by atoms with E-state index in [4.69, 9.17) is 0 Å². The molecule has 144 valence electrons. The highest BCUT2D eigenvalue weighted by atomic mass is 19.1. The van der Waals surface area contributed by atoms with Gasteiger partial charge >= 0.3 is 0 Å². The SMILES string of the molecule is O=C(Cn1c(=O)cnc2ccccc21)N[C@H](c1ccc(F)cc1)C1CCCC1. The van der Waals surface area contributed by atoms with Gasteiger partial charge in [-0.3, -0.25) is 14.2 Å². The summed E-state index contributed by atoms with van der Waals surface area (Å²) in [5.74, 6) is -0.213. The largest absolute Gasteiger partial charge is 0.347 e. The maximum atomic E-state index is 13.3. The average molecular weight is 379 g/mol. The highest BCUT2D eigenvalue weighted by molar-refractivity contribution is 5.80.